The molecule has 2 aliphatic rings. The zero-order valence-electron chi connectivity index (χ0n) is 18.2. The molecule has 0 spiro atoms. The van der Waals surface area contributed by atoms with Crippen molar-refractivity contribution in [2.75, 3.05) is 45.6 Å². The predicted molar refractivity (Wildman–Crippen MR) is 136 cm³/mol. The van der Waals surface area contributed by atoms with Gasteiger partial charge in [0.15, 0.2) is 5.96 Å². The van der Waals surface area contributed by atoms with Crippen molar-refractivity contribution in [3.63, 3.8) is 0 Å². The first-order valence-corrected chi connectivity index (χ1v) is 12.3. The minimum absolute atomic E-state index is 0. The zero-order valence-corrected chi connectivity index (χ0v) is 21.4. The molecule has 4 unspecified atom stereocenters. The number of guanidine groups is 1. The van der Waals surface area contributed by atoms with Gasteiger partial charge < -0.3 is 15.4 Å². The van der Waals surface area contributed by atoms with Crippen LogP contribution in [0.4, 0.5) is 0 Å². The van der Waals surface area contributed by atoms with Gasteiger partial charge in [-0.05, 0) is 24.8 Å². The standard InChI is InChI=1S/C22H36N4O2S.HI/c1-3-29(27)20-11-7-10-19(16-20)25-22(23-2)24-17-21(18-8-5-4-6-9-18)26-12-14-28-15-13-26;/h4-6,8-9,19-21H,3,7,10-17H2,1-2H3,(H2,23,24,25);1H. The highest BCUT2D eigenvalue weighted by Gasteiger charge is 2.27. The minimum Gasteiger partial charge on any atom is -0.379 e. The Balaban J connectivity index is 0.00000320. The Hall–Kier alpha value is -0.710. The van der Waals surface area contributed by atoms with E-state index in [1.165, 1.54) is 5.56 Å². The van der Waals surface area contributed by atoms with Crippen LogP contribution in [0.25, 0.3) is 0 Å². The van der Waals surface area contributed by atoms with Gasteiger partial charge >= 0.3 is 0 Å². The fourth-order valence-electron chi connectivity index (χ4n) is 4.35. The molecule has 2 N–H and O–H groups in total. The number of nitrogens with zero attached hydrogens (tertiary/aromatic N) is 2. The topological polar surface area (TPSA) is 66.0 Å². The fourth-order valence-corrected chi connectivity index (χ4v) is 5.70. The summed E-state index contributed by atoms with van der Waals surface area (Å²) in [4.78, 5) is 6.94. The van der Waals surface area contributed by atoms with Crippen LogP contribution in [-0.2, 0) is 15.5 Å². The molecule has 0 radical (unpaired) electrons. The quantitative estimate of drug-likeness (QED) is 0.312. The summed E-state index contributed by atoms with van der Waals surface area (Å²) < 4.78 is 17.8. The third-order valence-corrected chi connectivity index (χ3v) is 7.72. The van der Waals surface area contributed by atoms with Gasteiger partial charge in [0.25, 0.3) is 0 Å². The molecule has 1 aromatic carbocycles. The third kappa shape index (κ3) is 7.46. The molecule has 1 aromatic rings. The number of aliphatic imine (C=N–C) groups is 1. The van der Waals surface area contributed by atoms with E-state index in [-0.39, 0.29) is 30.0 Å². The molecule has 1 heterocycles. The van der Waals surface area contributed by atoms with E-state index in [0.29, 0.717) is 11.3 Å². The van der Waals surface area contributed by atoms with Crippen LogP contribution < -0.4 is 10.6 Å². The van der Waals surface area contributed by atoms with Crippen LogP contribution in [0.5, 0.6) is 0 Å². The molecule has 0 bridgehead atoms. The van der Waals surface area contributed by atoms with Gasteiger partial charge in [-0.25, -0.2) is 0 Å². The van der Waals surface area contributed by atoms with Gasteiger partial charge in [-0.15, -0.1) is 24.0 Å². The van der Waals surface area contributed by atoms with E-state index in [2.05, 4.69) is 50.9 Å². The van der Waals surface area contributed by atoms with Crippen LogP contribution in [0.15, 0.2) is 35.3 Å². The molecule has 0 amide bonds. The van der Waals surface area contributed by atoms with Crippen LogP contribution in [0.3, 0.4) is 0 Å². The average Bonchev–Trinajstić information content (AvgIpc) is 2.79. The first-order valence-electron chi connectivity index (χ1n) is 10.9. The summed E-state index contributed by atoms with van der Waals surface area (Å²) in [7, 11) is 1.12. The molecule has 0 aromatic heterocycles. The molecule has 1 aliphatic carbocycles. The van der Waals surface area contributed by atoms with Crippen molar-refractivity contribution >= 4 is 40.7 Å². The lowest BCUT2D eigenvalue weighted by molar-refractivity contribution is 0.0170. The average molecular weight is 549 g/mol. The maximum atomic E-state index is 12.2. The molecular formula is C22H37IN4O2S. The van der Waals surface area contributed by atoms with E-state index in [9.17, 15) is 4.21 Å². The summed E-state index contributed by atoms with van der Waals surface area (Å²) >= 11 is 0. The number of ether oxygens (including phenoxy) is 1. The second-order valence-corrected chi connectivity index (χ2v) is 9.83. The van der Waals surface area contributed by atoms with Crippen LogP contribution in [0.2, 0.25) is 0 Å². The highest BCUT2D eigenvalue weighted by molar-refractivity contribution is 14.0. The molecule has 30 heavy (non-hydrogen) atoms. The van der Waals surface area contributed by atoms with Crippen molar-refractivity contribution in [3.05, 3.63) is 35.9 Å². The van der Waals surface area contributed by atoms with E-state index >= 15 is 0 Å². The molecule has 8 heteroatoms. The summed E-state index contributed by atoms with van der Waals surface area (Å²) in [6.07, 6.45) is 4.29. The van der Waals surface area contributed by atoms with Crippen LogP contribution in [-0.4, -0.2) is 72.0 Å². The Bertz CT molecular complexity index is 670. The molecule has 2 fully saturated rings. The molecule has 1 saturated carbocycles. The van der Waals surface area contributed by atoms with Gasteiger partial charge in [-0.1, -0.05) is 43.7 Å². The summed E-state index contributed by atoms with van der Waals surface area (Å²) in [5.74, 6) is 1.59. The first-order chi connectivity index (χ1) is 14.2. The minimum atomic E-state index is -0.709. The monoisotopic (exact) mass is 548 g/mol. The van der Waals surface area contributed by atoms with E-state index in [0.717, 1.165) is 70.2 Å². The van der Waals surface area contributed by atoms with Crippen LogP contribution in [0.1, 0.15) is 44.2 Å². The number of benzene rings is 1. The Labute approximate surface area is 201 Å². The number of rotatable bonds is 7. The predicted octanol–water partition coefficient (Wildman–Crippen LogP) is 2.92. The lowest BCUT2D eigenvalue weighted by Gasteiger charge is -2.35. The SMILES string of the molecule is CCS(=O)C1CCCC(NC(=NC)NCC(c2ccccc2)N2CCOCC2)C1.I. The van der Waals surface area contributed by atoms with Crippen molar-refractivity contribution in [1.82, 2.24) is 15.5 Å². The van der Waals surface area contributed by atoms with Gasteiger partial charge in [0.2, 0.25) is 0 Å². The Morgan fingerprint density at radius 1 is 1.27 bits per heavy atom. The maximum absolute atomic E-state index is 12.2. The molecule has 170 valence electrons. The second-order valence-electron chi connectivity index (χ2n) is 7.83. The zero-order chi connectivity index (χ0) is 20.5. The largest absolute Gasteiger partial charge is 0.379 e. The fraction of sp³-hybridized carbons (Fsp3) is 0.682. The van der Waals surface area contributed by atoms with E-state index in [1.807, 2.05) is 14.0 Å². The summed E-state index contributed by atoms with van der Waals surface area (Å²) in [6.45, 7) is 6.27. The third-order valence-electron chi connectivity index (χ3n) is 5.98. The van der Waals surface area contributed by atoms with Crippen LogP contribution >= 0.6 is 24.0 Å². The summed E-state index contributed by atoms with van der Waals surface area (Å²) in [5, 5.41) is 7.45. The first kappa shape index (κ1) is 25.5. The van der Waals surface area contributed by atoms with E-state index in [4.69, 9.17) is 4.74 Å². The van der Waals surface area contributed by atoms with Crippen molar-refractivity contribution in [2.24, 2.45) is 4.99 Å². The van der Waals surface area contributed by atoms with Crippen LogP contribution in [0, 0.1) is 0 Å². The van der Waals surface area contributed by atoms with Crippen molar-refractivity contribution < 1.29 is 8.95 Å². The Morgan fingerprint density at radius 3 is 2.67 bits per heavy atom. The number of nitrogens with one attached hydrogen (secondary N) is 2. The molecular weight excluding hydrogens is 511 g/mol. The Morgan fingerprint density at radius 2 is 2.00 bits per heavy atom. The smallest absolute Gasteiger partial charge is 0.191 e. The highest BCUT2D eigenvalue weighted by Crippen LogP contribution is 2.23. The Kier molecular flexibility index (Phi) is 11.6. The van der Waals surface area contributed by atoms with Gasteiger partial charge in [0.1, 0.15) is 0 Å². The molecule has 6 nitrogen and oxygen atoms in total. The molecule has 1 aliphatic heterocycles. The van der Waals surface area contributed by atoms with Crippen molar-refractivity contribution in [1.29, 1.82) is 0 Å². The number of hydrogen-bond acceptors (Lipinski definition) is 4. The number of morpholine rings is 1. The highest BCUT2D eigenvalue weighted by atomic mass is 127. The van der Waals surface area contributed by atoms with E-state index in [1.54, 1.807) is 0 Å². The van der Waals surface area contributed by atoms with E-state index < -0.39 is 10.8 Å². The normalized spacial score (nSPS) is 25.1. The summed E-state index contributed by atoms with van der Waals surface area (Å²) in [6, 6.07) is 11.3. The van der Waals surface area contributed by atoms with Crippen molar-refractivity contribution in [3.8, 4) is 0 Å². The summed E-state index contributed by atoms with van der Waals surface area (Å²) in [5.41, 5.74) is 1.31. The lowest BCUT2D eigenvalue weighted by Crippen LogP contribution is -2.49. The number of halogens is 1. The van der Waals surface area contributed by atoms with Crippen molar-refractivity contribution in [2.45, 2.75) is 49.9 Å². The van der Waals surface area contributed by atoms with Gasteiger partial charge in [-0.2, -0.15) is 0 Å². The molecule has 3 rings (SSSR count). The molecule has 4 atom stereocenters. The lowest BCUT2D eigenvalue weighted by atomic mass is 9.95. The van der Waals surface area contributed by atoms with Gasteiger partial charge in [0, 0.05) is 54.5 Å². The number of hydrogen-bond donors (Lipinski definition) is 2. The second kappa shape index (κ2) is 13.6. The van der Waals surface area contributed by atoms with Gasteiger partial charge in [0.05, 0.1) is 19.3 Å². The maximum Gasteiger partial charge on any atom is 0.191 e. The van der Waals surface area contributed by atoms with Gasteiger partial charge in [-0.3, -0.25) is 14.1 Å². The molecule has 1 saturated heterocycles.